The second kappa shape index (κ2) is 5.02. The van der Waals surface area contributed by atoms with E-state index in [9.17, 15) is 14.3 Å². The summed E-state index contributed by atoms with van der Waals surface area (Å²) < 4.78 is 13.3. The van der Waals surface area contributed by atoms with Gasteiger partial charge >= 0.3 is 5.97 Å². The fraction of sp³-hybridized carbons (Fsp3) is 0.133. The highest BCUT2D eigenvalue weighted by atomic mass is 35.5. The molecule has 98 valence electrons. The molecule has 0 amide bonds. The van der Waals surface area contributed by atoms with Gasteiger partial charge in [-0.1, -0.05) is 17.7 Å². The molecular formula is C15H12ClFO2. The van der Waals surface area contributed by atoms with Crippen LogP contribution in [0.5, 0.6) is 0 Å². The quantitative estimate of drug-likeness (QED) is 0.880. The van der Waals surface area contributed by atoms with Crippen LogP contribution in [0.25, 0.3) is 11.1 Å². The Morgan fingerprint density at radius 2 is 1.74 bits per heavy atom. The van der Waals surface area contributed by atoms with E-state index >= 15 is 0 Å². The molecule has 0 radical (unpaired) electrons. The number of halogens is 2. The lowest BCUT2D eigenvalue weighted by atomic mass is 9.92. The van der Waals surface area contributed by atoms with Crippen molar-refractivity contribution in [3.8, 4) is 11.1 Å². The van der Waals surface area contributed by atoms with E-state index in [0.29, 0.717) is 21.7 Å². The van der Waals surface area contributed by atoms with Crippen molar-refractivity contribution in [2.45, 2.75) is 13.8 Å². The minimum Gasteiger partial charge on any atom is -0.478 e. The molecule has 0 aliphatic carbocycles. The Kier molecular flexibility index (Phi) is 3.58. The smallest absolute Gasteiger partial charge is 0.336 e. The molecule has 0 saturated carbocycles. The number of aryl methyl sites for hydroxylation is 2. The van der Waals surface area contributed by atoms with Gasteiger partial charge in [-0.25, -0.2) is 9.18 Å². The lowest BCUT2D eigenvalue weighted by Gasteiger charge is -2.13. The molecule has 2 rings (SSSR count). The summed E-state index contributed by atoms with van der Waals surface area (Å²) in [5.74, 6) is -1.38. The van der Waals surface area contributed by atoms with Crippen LogP contribution in [0.1, 0.15) is 21.5 Å². The lowest BCUT2D eigenvalue weighted by molar-refractivity contribution is 0.0697. The van der Waals surface area contributed by atoms with Gasteiger partial charge in [-0.05, 0) is 60.4 Å². The first-order valence-electron chi connectivity index (χ1n) is 5.70. The van der Waals surface area contributed by atoms with E-state index in [4.69, 9.17) is 11.6 Å². The molecule has 0 atom stereocenters. The molecule has 1 N–H and O–H groups in total. The molecule has 0 aliphatic heterocycles. The first kappa shape index (κ1) is 13.6. The highest BCUT2D eigenvalue weighted by Gasteiger charge is 2.16. The fourth-order valence-corrected chi connectivity index (χ4v) is 2.42. The van der Waals surface area contributed by atoms with Crippen LogP contribution in [-0.4, -0.2) is 11.1 Å². The van der Waals surface area contributed by atoms with Crippen LogP contribution in [0.3, 0.4) is 0 Å². The number of carboxylic acid groups (broad SMARTS) is 1. The van der Waals surface area contributed by atoms with E-state index in [1.54, 1.807) is 26.0 Å². The van der Waals surface area contributed by atoms with Gasteiger partial charge in [0.25, 0.3) is 0 Å². The number of carboxylic acids is 1. The number of benzene rings is 2. The molecule has 0 fully saturated rings. The first-order chi connectivity index (χ1) is 8.90. The molecule has 4 heteroatoms. The highest BCUT2D eigenvalue weighted by Crippen LogP contribution is 2.32. The van der Waals surface area contributed by atoms with Crippen LogP contribution in [0.2, 0.25) is 5.02 Å². The van der Waals surface area contributed by atoms with Gasteiger partial charge in [-0.15, -0.1) is 0 Å². The summed E-state index contributed by atoms with van der Waals surface area (Å²) >= 11 is 5.83. The van der Waals surface area contributed by atoms with Crippen LogP contribution in [-0.2, 0) is 0 Å². The van der Waals surface area contributed by atoms with Gasteiger partial charge in [0.05, 0.1) is 5.56 Å². The van der Waals surface area contributed by atoms with E-state index in [1.165, 1.54) is 18.2 Å². The van der Waals surface area contributed by atoms with E-state index in [1.807, 2.05) is 0 Å². The van der Waals surface area contributed by atoms with E-state index in [0.717, 1.165) is 5.56 Å². The van der Waals surface area contributed by atoms with Crippen LogP contribution in [0.4, 0.5) is 4.39 Å². The standard InChI is InChI=1S/C15H12ClFO2/c1-8-5-11(17)6-9(2)14(8)12-4-3-10(16)7-13(12)15(18)19/h3-7H,1-2H3,(H,18,19). The van der Waals surface area contributed by atoms with Crippen molar-refractivity contribution < 1.29 is 14.3 Å². The van der Waals surface area contributed by atoms with Gasteiger partial charge in [-0.2, -0.15) is 0 Å². The van der Waals surface area contributed by atoms with E-state index < -0.39 is 5.97 Å². The van der Waals surface area contributed by atoms with Gasteiger partial charge in [0.2, 0.25) is 0 Å². The molecule has 0 heterocycles. The van der Waals surface area contributed by atoms with Gasteiger partial charge in [0.15, 0.2) is 0 Å². The number of hydrogen-bond donors (Lipinski definition) is 1. The van der Waals surface area contributed by atoms with Gasteiger partial charge in [0.1, 0.15) is 5.82 Å². The maximum atomic E-state index is 13.3. The van der Waals surface area contributed by atoms with Gasteiger partial charge < -0.3 is 5.11 Å². The highest BCUT2D eigenvalue weighted by molar-refractivity contribution is 6.31. The fourth-order valence-electron chi connectivity index (χ4n) is 2.25. The zero-order chi connectivity index (χ0) is 14.2. The number of aromatic carboxylic acids is 1. The van der Waals surface area contributed by atoms with E-state index in [-0.39, 0.29) is 11.4 Å². The molecule has 19 heavy (non-hydrogen) atoms. The largest absolute Gasteiger partial charge is 0.478 e. The van der Waals surface area contributed by atoms with Crippen molar-refractivity contribution in [3.05, 3.63) is 57.9 Å². The molecule has 0 saturated heterocycles. The van der Waals surface area contributed by atoms with Crippen molar-refractivity contribution in [1.82, 2.24) is 0 Å². The lowest BCUT2D eigenvalue weighted by Crippen LogP contribution is -2.01. The topological polar surface area (TPSA) is 37.3 Å². The van der Waals surface area contributed by atoms with Crippen molar-refractivity contribution in [2.24, 2.45) is 0 Å². The normalized spacial score (nSPS) is 10.5. The number of rotatable bonds is 2. The predicted molar refractivity (Wildman–Crippen MR) is 73.3 cm³/mol. The minimum absolute atomic E-state index is 0.116. The molecule has 0 bridgehead atoms. The zero-order valence-electron chi connectivity index (χ0n) is 10.5. The molecular weight excluding hydrogens is 267 g/mol. The van der Waals surface area contributed by atoms with Crippen LogP contribution in [0, 0.1) is 19.7 Å². The maximum absolute atomic E-state index is 13.3. The first-order valence-corrected chi connectivity index (χ1v) is 6.08. The Bertz CT molecular complexity index is 642. The van der Waals surface area contributed by atoms with Gasteiger partial charge in [0, 0.05) is 5.02 Å². The molecule has 0 unspecified atom stereocenters. The molecule has 0 spiro atoms. The number of hydrogen-bond acceptors (Lipinski definition) is 1. The summed E-state index contributed by atoms with van der Waals surface area (Å²) in [6.07, 6.45) is 0. The van der Waals surface area contributed by atoms with Crippen molar-refractivity contribution >= 4 is 17.6 Å². The molecule has 2 aromatic carbocycles. The molecule has 0 aromatic heterocycles. The van der Waals surface area contributed by atoms with Gasteiger partial charge in [-0.3, -0.25) is 0 Å². The van der Waals surface area contributed by atoms with E-state index in [2.05, 4.69) is 0 Å². The predicted octanol–water partition coefficient (Wildman–Crippen LogP) is 4.46. The average Bonchev–Trinajstić information content (AvgIpc) is 2.29. The van der Waals surface area contributed by atoms with Crippen LogP contribution >= 0.6 is 11.6 Å². The summed E-state index contributed by atoms with van der Waals surface area (Å²) in [5, 5.41) is 9.61. The molecule has 2 aromatic rings. The minimum atomic E-state index is -1.05. The number of carbonyl (C=O) groups is 1. The summed E-state index contributed by atoms with van der Waals surface area (Å²) in [4.78, 5) is 11.3. The van der Waals surface area contributed by atoms with Crippen LogP contribution in [0.15, 0.2) is 30.3 Å². The van der Waals surface area contributed by atoms with Crippen molar-refractivity contribution in [2.75, 3.05) is 0 Å². The third-order valence-corrected chi connectivity index (χ3v) is 3.21. The summed E-state index contributed by atoms with van der Waals surface area (Å²) in [5.41, 5.74) is 2.79. The molecule has 2 nitrogen and oxygen atoms in total. The summed E-state index contributed by atoms with van der Waals surface area (Å²) in [7, 11) is 0. The average molecular weight is 279 g/mol. The third kappa shape index (κ3) is 2.61. The third-order valence-electron chi connectivity index (χ3n) is 2.98. The Morgan fingerprint density at radius 3 is 2.26 bits per heavy atom. The monoisotopic (exact) mass is 278 g/mol. The Balaban J connectivity index is 2.76. The Labute approximate surface area is 115 Å². The van der Waals surface area contributed by atoms with Crippen LogP contribution < -0.4 is 0 Å². The second-order valence-electron chi connectivity index (χ2n) is 4.41. The second-order valence-corrected chi connectivity index (χ2v) is 4.85. The molecule has 0 aliphatic rings. The van der Waals surface area contributed by atoms with Crippen molar-refractivity contribution in [1.29, 1.82) is 0 Å². The SMILES string of the molecule is Cc1cc(F)cc(C)c1-c1ccc(Cl)cc1C(=O)O. The zero-order valence-corrected chi connectivity index (χ0v) is 11.3. The maximum Gasteiger partial charge on any atom is 0.336 e. The summed E-state index contributed by atoms with van der Waals surface area (Å²) in [6.45, 7) is 3.51. The Morgan fingerprint density at radius 1 is 1.16 bits per heavy atom. The summed E-state index contributed by atoms with van der Waals surface area (Å²) in [6, 6.07) is 7.47. The Hall–Kier alpha value is -1.87. The van der Waals surface area contributed by atoms with Crippen molar-refractivity contribution in [3.63, 3.8) is 0 Å².